The molecule has 112 valence electrons. The molecule has 0 saturated heterocycles. The van der Waals surface area contributed by atoms with Crippen LogP contribution in [0.2, 0.25) is 0 Å². The maximum atomic E-state index is 13.7. The summed E-state index contributed by atoms with van der Waals surface area (Å²) >= 11 is 0. The Balaban J connectivity index is 2.67. The van der Waals surface area contributed by atoms with Gasteiger partial charge in [-0.2, -0.15) is 13.2 Å². The predicted octanol–water partition coefficient (Wildman–Crippen LogP) is 3.76. The molecule has 0 fully saturated rings. The van der Waals surface area contributed by atoms with Gasteiger partial charge in [-0.1, -0.05) is 0 Å². The highest BCUT2D eigenvalue weighted by atomic mass is 19.4. The van der Waals surface area contributed by atoms with E-state index in [0.29, 0.717) is 6.07 Å². The summed E-state index contributed by atoms with van der Waals surface area (Å²) in [6.07, 6.45) is -4.70. The van der Waals surface area contributed by atoms with Crippen molar-refractivity contribution in [2.45, 2.75) is 13.1 Å². The molecule has 0 atom stereocenters. The van der Waals surface area contributed by atoms with E-state index in [9.17, 15) is 22.0 Å². The summed E-state index contributed by atoms with van der Waals surface area (Å²) in [6.45, 7) is 1.10. The molecule has 2 aromatic rings. The number of alkyl halides is 3. The lowest BCUT2D eigenvalue weighted by Crippen LogP contribution is -2.13. The zero-order valence-electron chi connectivity index (χ0n) is 10.9. The average molecular weight is 304 g/mol. The predicted molar refractivity (Wildman–Crippen MR) is 63.7 cm³/mol. The van der Waals surface area contributed by atoms with Gasteiger partial charge in [0, 0.05) is 11.6 Å². The van der Waals surface area contributed by atoms with E-state index in [1.165, 1.54) is 0 Å². The van der Waals surface area contributed by atoms with Crippen LogP contribution in [-0.2, 0) is 6.18 Å². The fraction of sp³-hybridized carbons (Fsp3) is 0.231. The van der Waals surface area contributed by atoms with Crippen molar-refractivity contribution in [3.05, 3.63) is 41.2 Å². The fourth-order valence-electron chi connectivity index (χ4n) is 1.77. The van der Waals surface area contributed by atoms with Crippen molar-refractivity contribution >= 4 is 0 Å². The summed E-state index contributed by atoms with van der Waals surface area (Å²) in [7, 11) is 1.09. The summed E-state index contributed by atoms with van der Waals surface area (Å²) < 4.78 is 69.6. The van der Waals surface area contributed by atoms with Crippen LogP contribution < -0.4 is 4.74 Å². The van der Waals surface area contributed by atoms with Crippen LogP contribution in [0.5, 0.6) is 5.88 Å². The molecular formula is C13H9F5N2O. The highest BCUT2D eigenvalue weighted by Gasteiger charge is 2.36. The first-order valence-corrected chi connectivity index (χ1v) is 5.69. The van der Waals surface area contributed by atoms with Crippen molar-refractivity contribution in [2.24, 2.45) is 0 Å². The fourth-order valence-corrected chi connectivity index (χ4v) is 1.77. The van der Waals surface area contributed by atoms with Gasteiger partial charge in [0.25, 0.3) is 0 Å². The Hall–Kier alpha value is -2.25. The molecule has 1 aromatic carbocycles. The molecule has 0 aliphatic carbocycles. The van der Waals surface area contributed by atoms with Gasteiger partial charge in [-0.25, -0.2) is 18.7 Å². The first kappa shape index (κ1) is 15.1. The third-order valence-electron chi connectivity index (χ3n) is 2.69. The summed E-state index contributed by atoms with van der Waals surface area (Å²) in [5, 5.41) is 0. The summed E-state index contributed by atoms with van der Waals surface area (Å²) in [4.78, 5) is 7.03. The Labute approximate surface area is 116 Å². The van der Waals surface area contributed by atoms with Crippen LogP contribution in [0.4, 0.5) is 22.0 Å². The van der Waals surface area contributed by atoms with E-state index in [4.69, 9.17) is 4.74 Å². The average Bonchev–Trinajstić information content (AvgIpc) is 2.37. The molecule has 0 aliphatic rings. The molecule has 0 aliphatic heterocycles. The Bertz CT molecular complexity index is 685. The zero-order valence-corrected chi connectivity index (χ0v) is 10.9. The minimum atomic E-state index is -4.70. The summed E-state index contributed by atoms with van der Waals surface area (Å²) in [5.74, 6) is -2.27. The highest BCUT2D eigenvalue weighted by Crippen LogP contribution is 2.35. The van der Waals surface area contributed by atoms with Crippen LogP contribution in [0.25, 0.3) is 11.3 Å². The molecule has 8 heteroatoms. The molecule has 21 heavy (non-hydrogen) atoms. The number of methoxy groups -OCH3 is 1. The molecule has 0 amide bonds. The van der Waals surface area contributed by atoms with E-state index in [-0.39, 0.29) is 11.3 Å². The lowest BCUT2D eigenvalue weighted by atomic mass is 10.1. The molecule has 0 unspecified atom stereocenters. The third kappa shape index (κ3) is 2.93. The Kier molecular flexibility index (Phi) is 3.80. The SMILES string of the molecule is COc1nc(C(F)(F)F)c(C)nc1-c1ccc(F)cc1F. The van der Waals surface area contributed by atoms with Gasteiger partial charge in [-0.15, -0.1) is 0 Å². The molecule has 0 radical (unpaired) electrons. The maximum absolute atomic E-state index is 13.7. The van der Waals surface area contributed by atoms with Crippen LogP contribution >= 0.6 is 0 Å². The topological polar surface area (TPSA) is 35.0 Å². The van der Waals surface area contributed by atoms with E-state index in [2.05, 4.69) is 9.97 Å². The normalized spacial score (nSPS) is 11.6. The number of nitrogens with zero attached hydrogens (tertiary/aromatic N) is 2. The van der Waals surface area contributed by atoms with E-state index >= 15 is 0 Å². The molecule has 0 spiro atoms. The van der Waals surface area contributed by atoms with Gasteiger partial charge >= 0.3 is 6.18 Å². The lowest BCUT2D eigenvalue weighted by Gasteiger charge is -2.13. The highest BCUT2D eigenvalue weighted by molar-refractivity contribution is 5.65. The van der Waals surface area contributed by atoms with Gasteiger partial charge < -0.3 is 4.74 Å². The molecule has 2 rings (SSSR count). The molecule has 1 aromatic heterocycles. The maximum Gasteiger partial charge on any atom is 0.435 e. The van der Waals surface area contributed by atoms with E-state index in [0.717, 1.165) is 26.2 Å². The van der Waals surface area contributed by atoms with E-state index in [1.54, 1.807) is 0 Å². The van der Waals surface area contributed by atoms with Crippen molar-refractivity contribution in [1.29, 1.82) is 0 Å². The smallest absolute Gasteiger partial charge is 0.435 e. The zero-order chi connectivity index (χ0) is 15.8. The quantitative estimate of drug-likeness (QED) is 0.792. The number of halogens is 5. The molecule has 0 bridgehead atoms. The van der Waals surface area contributed by atoms with Gasteiger partial charge in [0.05, 0.1) is 12.8 Å². The van der Waals surface area contributed by atoms with Crippen LogP contribution in [0.3, 0.4) is 0 Å². The largest absolute Gasteiger partial charge is 0.479 e. The number of aryl methyl sites for hydroxylation is 1. The molecule has 3 nitrogen and oxygen atoms in total. The number of rotatable bonds is 2. The van der Waals surface area contributed by atoms with Crippen molar-refractivity contribution in [2.75, 3.05) is 7.11 Å². The van der Waals surface area contributed by atoms with Gasteiger partial charge in [-0.3, -0.25) is 0 Å². The van der Waals surface area contributed by atoms with Crippen LogP contribution in [0.1, 0.15) is 11.4 Å². The van der Waals surface area contributed by atoms with Crippen LogP contribution in [0.15, 0.2) is 18.2 Å². The second-order valence-corrected chi connectivity index (χ2v) is 4.14. The summed E-state index contributed by atoms with van der Waals surface area (Å²) in [6, 6.07) is 2.62. The van der Waals surface area contributed by atoms with Crippen molar-refractivity contribution < 1.29 is 26.7 Å². The van der Waals surface area contributed by atoms with Gasteiger partial charge in [0.2, 0.25) is 5.88 Å². The summed E-state index contributed by atoms with van der Waals surface area (Å²) in [5.41, 5.74) is -2.06. The molecule has 0 N–H and O–H groups in total. The van der Waals surface area contributed by atoms with Crippen molar-refractivity contribution in [1.82, 2.24) is 9.97 Å². The first-order chi connectivity index (χ1) is 9.74. The van der Waals surface area contributed by atoms with E-state index in [1.807, 2.05) is 0 Å². The van der Waals surface area contributed by atoms with Gasteiger partial charge in [0.15, 0.2) is 5.69 Å². The second-order valence-electron chi connectivity index (χ2n) is 4.14. The third-order valence-corrected chi connectivity index (χ3v) is 2.69. The second kappa shape index (κ2) is 5.27. The molecule has 0 saturated carbocycles. The Morgan fingerprint density at radius 2 is 1.76 bits per heavy atom. The number of hydrogen-bond donors (Lipinski definition) is 0. The number of hydrogen-bond acceptors (Lipinski definition) is 3. The Morgan fingerprint density at radius 3 is 2.29 bits per heavy atom. The minimum absolute atomic E-state index is 0.197. The van der Waals surface area contributed by atoms with Crippen LogP contribution in [-0.4, -0.2) is 17.1 Å². The number of ether oxygens (including phenoxy) is 1. The minimum Gasteiger partial charge on any atom is -0.479 e. The van der Waals surface area contributed by atoms with Crippen LogP contribution in [0, 0.1) is 18.6 Å². The standard InChI is InChI=1S/C13H9F5N2O/c1-6-11(13(16,17)18)20-12(21-2)10(19-6)8-4-3-7(14)5-9(8)15/h3-5H,1-2H3. The van der Waals surface area contributed by atoms with Gasteiger partial charge in [-0.05, 0) is 19.1 Å². The number of benzene rings is 1. The van der Waals surface area contributed by atoms with Gasteiger partial charge in [0.1, 0.15) is 17.3 Å². The monoisotopic (exact) mass is 304 g/mol. The van der Waals surface area contributed by atoms with Crippen molar-refractivity contribution in [3.8, 4) is 17.1 Å². The van der Waals surface area contributed by atoms with E-state index < -0.39 is 35.1 Å². The number of aromatic nitrogens is 2. The lowest BCUT2D eigenvalue weighted by molar-refractivity contribution is -0.142. The Morgan fingerprint density at radius 1 is 1.10 bits per heavy atom. The molecular weight excluding hydrogens is 295 g/mol. The first-order valence-electron chi connectivity index (χ1n) is 5.69. The van der Waals surface area contributed by atoms with Crippen molar-refractivity contribution in [3.63, 3.8) is 0 Å². The molecule has 1 heterocycles.